The van der Waals surface area contributed by atoms with E-state index in [0.29, 0.717) is 36.1 Å². The van der Waals surface area contributed by atoms with E-state index in [2.05, 4.69) is 20.9 Å². The van der Waals surface area contributed by atoms with E-state index >= 15 is 0 Å². The van der Waals surface area contributed by atoms with Crippen LogP contribution in [-0.2, 0) is 16.0 Å². The Morgan fingerprint density at radius 2 is 1.85 bits per heavy atom. The van der Waals surface area contributed by atoms with Crippen molar-refractivity contribution >= 4 is 53.1 Å². The van der Waals surface area contributed by atoms with Gasteiger partial charge in [0.05, 0.1) is 18.7 Å². The smallest absolute Gasteiger partial charge is 0.257 e. The fourth-order valence-corrected chi connectivity index (χ4v) is 2.73. The van der Waals surface area contributed by atoms with Crippen molar-refractivity contribution in [2.45, 2.75) is 6.42 Å². The summed E-state index contributed by atoms with van der Waals surface area (Å²) in [5.41, 5.74) is 1.20. The molecule has 0 atom stereocenters. The molecule has 0 unspecified atom stereocenters. The van der Waals surface area contributed by atoms with Crippen LogP contribution in [0.2, 0.25) is 0 Å². The largest absolute Gasteiger partial charge is 0.383 e. The maximum atomic E-state index is 12.1. The van der Waals surface area contributed by atoms with Gasteiger partial charge in [0, 0.05) is 37.7 Å². The summed E-state index contributed by atoms with van der Waals surface area (Å²) in [6.07, 6.45) is 0.190. The molecule has 1 aromatic heterocycles. The standard InChI is InChI=1S/C17H22N4O3S.2ClH/c1-24-10-9-18-7-8-19-15(22)11-14-12-25-17(20-14)21-16(23)13-5-3-2-4-6-13;;/h2-6,12,18H,7-11H2,1H3,(H,19,22)(H,20,21,23);2*1H. The Balaban J connectivity index is 0.00000338. The number of nitrogens with zero attached hydrogens (tertiary/aromatic N) is 1. The zero-order valence-electron chi connectivity index (χ0n) is 14.9. The third-order valence-corrected chi connectivity index (χ3v) is 4.06. The van der Waals surface area contributed by atoms with Crippen LogP contribution in [-0.4, -0.2) is 50.1 Å². The van der Waals surface area contributed by atoms with E-state index in [0.717, 1.165) is 6.54 Å². The van der Waals surface area contributed by atoms with E-state index in [1.165, 1.54) is 11.3 Å². The first-order chi connectivity index (χ1) is 12.2. The van der Waals surface area contributed by atoms with E-state index in [4.69, 9.17) is 4.74 Å². The summed E-state index contributed by atoms with van der Waals surface area (Å²) in [4.78, 5) is 28.2. The van der Waals surface area contributed by atoms with Crippen molar-refractivity contribution in [1.82, 2.24) is 15.6 Å². The lowest BCUT2D eigenvalue weighted by molar-refractivity contribution is -0.120. The molecule has 1 heterocycles. The summed E-state index contributed by atoms with van der Waals surface area (Å²) in [5, 5.41) is 11.0. The molecule has 1 aromatic carbocycles. The summed E-state index contributed by atoms with van der Waals surface area (Å²) in [6.45, 7) is 2.63. The number of hydrogen-bond acceptors (Lipinski definition) is 6. The van der Waals surface area contributed by atoms with Gasteiger partial charge in [-0.05, 0) is 12.1 Å². The van der Waals surface area contributed by atoms with Gasteiger partial charge in [0.15, 0.2) is 5.13 Å². The molecule has 0 saturated carbocycles. The Morgan fingerprint density at radius 1 is 1.11 bits per heavy atom. The molecule has 10 heteroatoms. The zero-order chi connectivity index (χ0) is 17.9. The Hall–Kier alpha value is -1.71. The van der Waals surface area contributed by atoms with Gasteiger partial charge in [-0.2, -0.15) is 0 Å². The fourth-order valence-electron chi connectivity index (χ4n) is 2.02. The van der Waals surface area contributed by atoms with Gasteiger partial charge in [0.1, 0.15) is 0 Å². The van der Waals surface area contributed by atoms with Crippen LogP contribution in [0.25, 0.3) is 0 Å². The lowest BCUT2D eigenvalue weighted by atomic mass is 10.2. The van der Waals surface area contributed by atoms with Crippen molar-refractivity contribution in [3.8, 4) is 0 Å². The number of thiazole rings is 1. The number of hydrogen-bond donors (Lipinski definition) is 3. The monoisotopic (exact) mass is 434 g/mol. The minimum absolute atomic E-state index is 0. The van der Waals surface area contributed by atoms with Crippen molar-refractivity contribution in [2.75, 3.05) is 38.7 Å². The highest BCUT2D eigenvalue weighted by Crippen LogP contribution is 2.16. The van der Waals surface area contributed by atoms with Gasteiger partial charge in [-0.3, -0.25) is 14.9 Å². The van der Waals surface area contributed by atoms with Crippen LogP contribution in [0.3, 0.4) is 0 Å². The van der Waals surface area contributed by atoms with Crippen LogP contribution >= 0.6 is 36.2 Å². The van der Waals surface area contributed by atoms with E-state index in [1.807, 2.05) is 6.07 Å². The third kappa shape index (κ3) is 9.69. The molecule has 2 rings (SSSR count). The predicted octanol–water partition coefficient (Wildman–Crippen LogP) is 2.13. The first kappa shape index (κ1) is 25.3. The number of methoxy groups -OCH3 is 1. The molecule has 150 valence electrons. The van der Waals surface area contributed by atoms with Gasteiger partial charge in [0.25, 0.3) is 5.91 Å². The van der Waals surface area contributed by atoms with E-state index in [9.17, 15) is 9.59 Å². The molecule has 3 N–H and O–H groups in total. The van der Waals surface area contributed by atoms with E-state index in [-0.39, 0.29) is 43.0 Å². The maximum absolute atomic E-state index is 12.1. The van der Waals surface area contributed by atoms with Crippen molar-refractivity contribution < 1.29 is 14.3 Å². The van der Waals surface area contributed by atoms with Crippen molar-refractivity contribution in [2.24, 2.45) is 0 Å². The van der Waals surface area contributed by atoms with E-state index in [1.54, 1.807) is 36.8 Å². The van der Waals surface area contributed by atoms with Crippen molar-refractivity contribution in [3.05, 3.63) is 47.0 Å². The Bertz CT molecular complexity index is 686. The van der Waals surface area contributed by atoms with Crippen molar-refractivity contribution in [3.63, 3.8) is 0 Å². The first-order valence-corrected chi connectivity index (χ1v) is 8.84. The molecule has 0 aliphatic heterocycles. The van der Waals surface area contributed by atoms with Crippen LogP contribution < -0.4 is 16.0 Å². The molecule has 0 bridgehead atoms. The SMILES string of the molecule is COCCNCCNC(=O)Cc1csc(NC(=O)c2ccccc2)n1.Cl.Cl. The van der Waals surface area contributed by atoms with Gasteiger partial charge >= 0.3 is 0 Å². The number of halogens is 2. The molecule has 0 aliphatic rings. The van der Waals surface area contributed by atoms with Crippen molar-refractivity contribution in [1.29, 1.82) is 0 Å². The molecular formula is C17H24Cl2N4O3S. The van der Waals surface area contributed by atoms with E-state index < -0.39 is 0 Å². The Labute approximate surface area is 175 Å². The number of benzene rings is 1. The first-order valence-electron chi connectivity index (χ1n) is 7.96. The van der Waals surface area contributed by atoms with Gasteiger partial charge in [-0.1, -0.05) is 18.2 Å². The summed E-state index contributed by atoms with van der Waals surface area (Å²) >= 11 is 1.30. The number of rotatable bonds is 10. The Kier molecular flexibility index (Phi) is 13.5. The summed E-state index contributed by atoms with van der Waals surface area (Å²) in [6, 6.07) is 8.92. The average Bonchev–Trinajstić information content (AvgIpc) is 3.05. The zero-order valence-corrected chi connectivity index (χ0v) is 17.3. The molecular weight excluding hydrogens is 411 g/mol. The van der Waals surface area contributed by atoms with Gasteiger partial charge in [-0.15, -0.1) is 36.2 Å². The quantitative estimate of drug-likeness (QED) is 0.498. The lowest BCUT2D eigenvalue weighted by Gasteiger charge is -2.05. The molecule has 0 fully saturated rings. The molecule has 2 amide bonds. The minimum Gasteiger partial charge on any atom is -0.383 e. The summed E-state index contributed by atoms with van der Waals surface area (Å²) in [5.74, 6) is -0.312. The topological polar surface area (TPSA) is 92.4 Å². The van der Waals surface area contributed by atoms with Crippen LogP contribution in [0.15, 0.2) is 35.7 Å². The number of carbonyl (C=O) groups excluding carboxylic acids is 2. The van der Waals surface area contributed by atoms with Crippen LogP contribution in [0.5, 0.6) is 0 Å². The number of anilines is 1. The number of nitrogens with one attached hydrogen (secondary N) is 3. The third-order valence-electron chi connectivity index (χ3n) is 3.26. The number of amides is 2. The minimum atomic E-state index is -0.215. The van der Waals surface area contributed by atoms with Crippen LogP contribution in [0.4, 0.5) is 5.13 Å². The normalized spacial score (nSPS) is 9.67. The summed E-state index contributed by atoms with van der Waals surface area (Å²) < 4.78 is 4.92. The predicted molar refractivity (Wildman–Crippen MR) is 112 cm³/mol. The highest BCUT2D eigenvalue weighted by atomic mass is 35.5. The highest BCUT2D eigenvalue weighted by Gasteiger charge is 2.10. The number of aromatic nitrogens is 1. The summed E-state index contributed by atoms with van der Waals surface area (Å²) in [7, 11) is 1.65. The molecule has 0 saturated heterocycles. The second-order valence-corrected chi connectivity index (χ2v) is 6.09. The molecule has 27 heavy (non-hydrogen) atoms. The highest BCUT2D eigenvalue weighted by molar-refractivity contribution is 7.14. The van der Waals surface area contributed by atoms with Gasteiger partial charge in [0.2, 0.25) is 5.91 Å². The molecule has 7 nitrogen and oxygen atoms in total. The number of carbonyl (C=O) groups is 2. The average molecular weight is 435 g/mol. The van der Waals surface area contributed by atoms with Gasteiger partial charge < -0.3 is 15.4 Å². The lowest BCUT2D eigenvalue weighted by Crippen LogP contribution is -2.33. The fraction of sp³-hybridized carbons (Fsp3) is 0.353. The number of ether oxygens (including phenoxy) is 1. The van der Waals surface area contributed by atoms with Crippen LogP contribution in [0, 0.1) is 0 Å². The second kappa shape index (κ2) is 14.4. The molecule has 0 spiro atoms. The molecule has 0 radical (unpaired) electrons. The molecule has 2 aromatic rings. The Morgan fingerprint density at radius 3 is 2.56 bits per heavy atom. The maximum Gasteiger partial charge on any atom is 0.257 e. The van der Waals surface area contributed by atoms with Gasteiger partial charge in [-0.25, -0.2) is 4.98 Å². The second-order valence-electron chi connectivity index (χ2n) is 5.23. The van der Waals surface area contributed by atoms with Crippen LogP contribution in [0.1, 0.15) is 16.1 Å². The molecule has 0 aliphatic carbocycles.